The predicted molar refractivity (Wildman–Crippen MR) is 101 cm³/mol. The number of rotatable bonds is 5. The Hall–Kier alpha value is -2.71. The normalized spacial score (nSPS) is 19.1. The minimum absolute atomic E-state index is 0.138. The van der Waals surface area contributed by atoms with E-state index in [1.807, 2.05) is 20.8 Å². The topological polar surface area (TPSA) is 95.9 Å². The van der Waals surface area contributed by atoms with Gasteiger partial charge in [-0.3, -0.25) is 14.5 Å². The summed E-state index contributed by atoms with van der Waals surface area (Å²) >= 11 is 0. The van der Waals surface area contributed by atoms with Gasteiger partial charge in [0.2, 0.25) is 0 Å². The molecule has 0 bridgehead atoms. The summed E-state index contributed by atoms with van der Waals surface area (Å²) in [4.78, 5) is 51.3. The number of hydrogen-bond donors (Lipinski definition) is 0. The Morgan fingerprint density at radius 3 is 2.32 bits per heavy atom. The molecule has 3 heterocycles. The van der Waals surface area contributed by atoms with Crippen molar-refractivity contribution in [3.63, 3.8) is 0 Å². The third-order valence-corrected chi connectivity index (χ3v) is 5.42. The van der Waals surface area contributed by atoms with Crippen LogP contribution < -0.4 is 4.74 Å². The summed E-state index contributed by atoms with van der Waals surface area (Å²) in [5.74, 6) is -0.0703. The molecule has 0 atom stereocenters. The van der Waals surface area contributed by atoms with Gasteiger partial charge in [0.05, 0.1) is 12.7 Å². The SMILES string of the molecule is CCN1C(=O)N(CC(C)C)C2(CCN(C(=O)c3cnc(OC)nc3)CC2)C1=O. The Morgan fingerprint density at radius 1 is 1.21 bits per heavy atom. The number of ether oxygens (including phenoxy) is 1. The highest BCUT2D eigenvalue weighted by Crippen LogP contribution is 2.38. The van der Waals surface area contributed by atoms with E-state index in [-0.39, 0.29) is 29.8 Å². The second-order valence-corrected chi connectivity index (χ2v) is 7.62. The van der Waals surface area contributed by atoms with Gasteiger partial charge in [-0.25, -0.2) is 14.8 Å². The molecule has 1 aromatic rings. The highest BCUT2D eigenvalue weighted by atomic mass is 16.5. The van der Waals surface area contributed by atoms with Crippen molar-refractivity contribution in [2.75, 3.05) is 33.3 Å². The molecule has 0 radical (unpaired) electrons. The molecule has 4 amide bonds. The van der Waals surface area contributed by atoms with Crippen LogP contribution in [0.5, 0.6) is 6.01 Å². The quantitative estimate of drug-likeness (QED) is 0.707. The first-order valence-electron chi connectivity index (χ1n) is 9.63. The van der Waals surface area contributed by atoms with Crippen LogP contribution in [-0.4, -0.2) is 81.3 Å². The Morgan fingerprint density at radius 2 is 1.82 bits per heavy atom. The molecule has 3 rings (SSSR count). The van der Waals surface area contributed by atoms with Crippen LogP contribution in [0.4, 0.5) is 4.79 Å². The van der Waals surface area contributed by atoms with Crippen LogP contribution in [0.3, 0.4) is 0 Å². The van der Waals surface area contributed by atoms with Gasteiger partial charge in [-0.15, -0.1) is 0 Å². The largest absolute Gasteiger partial charge is 0.467 e. The lowest BCUT2D eigenvalue weighted by atomic mass is 9.85. The van der Waals surface area contributed by atoms with E-state index in [2.05, 4.69) is 9.97 Å². The summed E-state index contributed by atoms with van der Waals surface area (Å²) in [6.45, 7) is 7.56. The van der Waals surface area contributed by atoms with E-state index in [4.69, 9.17) is 4.74 Å². The van der Waals surface area contributed by atoms with Gasteiger partial charge in [-0.1, -0.05) is 13.8 Å². The van der Waals surface area contributed by atoms with Crippen LogP contribution in [0.2, 0.25) is 0 Å². The number of likely N-dealkylation sites (N-methyl/N-ethyl adjacent to an activating group) is 1. The van der Waals surface area contributed by atoms with E-state index in [1.54, 1.807) is 9.80 Å². The molecule has 152 valence electrons. The molecule has 0 N–H and O–H groups in total. The van der Waals surface area contributed by atoms with Crippen LogP contribution in [0.15, 0.2) is 12.4 Å². The minimum Gasteiger partial charge on any atom is -0.467 e. The van der Waals surface area contributed by atoms with Crippen molar-refractivity contribution in [1.82, 2.24) is 24.7 Å². The van der Waals surface area contributed by atoms with Crippen molar-refractivity contribution in [3.05, 3.63) is 18.0 Å². The second-order valence-electron chi connectivity index (χ2n) is 7.62. The Balaban J connectivity index is 1.76. The number of likely N-dealkylation sites (tertiary alicyclic amines) is 1. The average Bonchev–Trinajstić information content (AvgIpc) is 2.89. The summed E-state index contributed by atoms with van der Waals surface area (Å²) in [7, 11) is 1.46. The monoisotopic (exact) mass is 389 g/mol. The number of piperidine rings is 1. The third kappa shape index (κ3) is 3.29. The van der Waals surface area contributed by atoms with Gasteiger partial charge in [0, 0.05) is 38.6 Å². The van der Waals surface area contributed by atoms with Gasteiger partial charge in [0.1, 0.15) is 5.54 Å². The maximum atomic E-state index is 13.1. The highest BCUT2D eigenvalue weighted by Gasteiger charge is 2.57. The smallest absolute Gasteiger partial charge is 0.327 e. The van der Waals surface area contributed by atoms with Crippen molar-refractivity contribution in [1.29, 1.82) is 0 Å². The number of amides is 4. The molecule has 1 spiro atoms. The van der Waals surface area contributed by atoms with Crippen molar-refractivity contribution >= 4 is 17.8 Å². The summed E-state index contributed by atoms with van der Waals surface area (Å²) in [5, 5.41) is 0. The lowest BCUT2D eigenvalue weighted by molar-refractivity contribution is -0.135. The maximum Gasteiger partial charge on any atom is 0.327 e. The van der Waals surface area contributed by atoms with Crippen molar-refractivity contribution in [2.24, 2.45) is 5.92 Å². The maximum absolute atomic E-state index is 13.1. The van der Waals surface area contributed by atoms with Crippen molar-refractivity contribution < 1.29 is 19.1 Å². The zero-order valence-electron chi connectivity index (χ0n) is 16.8. The molecule has 28 heavy (non-hydrogen) atoms. The fourth-order valence-corrected chi connectivity index (χ4v) is 3.96. The number of imide groups is 1. The van der Waals surface area contributed by atoms with Crippen LogP contribution in [0, 0.1) is 5.92 Å². The van der Waals surface area contributed by atoms with E-state index < -0.39 is 5.54 Å². The Labute approximate surface area is 164 Å². The Kier molecular flexibility index (Phi) is 5.53. The van der Waals surface area contributed by atoms with E-state index in [0.29, 0.717) is 44.6 Å². The molecular formula is C19H27N5O4. The van der Waals surface area contributed by atoms with E-state index in [0.717, 1.165) is 0 Å². The fraction of sp³-hybridized carbons (Fsp3) is 0.632. The molecule has 2 fully saturated rings. The molecule has 0 aliphatic carbocycles. The number of nitrogens with zero attached hydrogens (tertiary/aromatic N) is 5. The first-order valence-corrected chi connectivity index (χ1v) is 9.63. The zero-order chi connectivity index (χ0) is 20.5. The molecule has 0 aromatic carbocycles. The van der Waals surface area contributed by atoms with E-state index >= 15 is 0 Å². The number of urea groups is 1. The van der Waals surface area contributed by atoms with Gasteiger partial charge in [0.25, 0.3) is 11.8 Å². The molecular weight excluding hydrogens is 362 g/mol. The number of hydrogen-bond acceptors (Lipinski definition) is 6. The number of carbonyl (C=O) groups excluding carboxylic acids is 3. The summed E-state index contributed by atoms with van der Waals surface area (Å²) in [5.41, 5.74) is -0.468. The minimum atomic E-state index is -0.843. The van der Waals surface area contributed by atoms with E-state index in [9.17, 15) is 14.4 Å². The second kappa shape index (κ2) is 7.73. The fourth-order valence-electron chi connectivity index (χ4n) is 3.96. The molecule has 1 aromatic heterocycles. The summed E-state index contributed by atoms with van der Waals surface area (Å²) in [6, 6.07) is -0.0160. The van der Waals surface area contributed by atoms with Gasteiger partial charge in [-0.05, 0) is 25.7 Å². The van der Waals surface area contributed by atoms with E-state index in [1.165, 1.54) is 24.4 Å². The molecule has 0 unspecified atom stereocenters. The average molecular weight is 389 g/mol. The number of aromatic nitrogens is 2. The first kappa shape index (κ1) is 20.0. The number of carbonyl (C=O) groups is 3. The third-order valence-electron chi connectivity index (χ3n) is 5.42. The molecule has 9 heteroatoms. The first-order chi connectivity index (χ1) is 13.3. The molecule has 2 aliphatic rings. The molecule has 2 saturated heterocycles. The Bertz CT molecular complexity index is 756. The predicted octanol–water partition coefficient (Wildman–Crippen LogP) is 1.40. The standard InChI is InChI=1S/C19H27N5O4/c1-5-23-16(26)19(24(18(23)27)12-13(2)3)6-8-22(9-7-19)15(25)14-10-20-17(28-4)21-11-14/h10-11,13H,5-9,12H2,1-4H3. The van der Waals surface area contributed by atoms with Crippen LogP contribution >= 0.6 is 0 Å². The molecule has 2 aliphatic heterocycles. The van der Waals surface area contributed by atoms with Crippen LogP contribution in [-0.2, 0) is 4.79 Å². The molecule has 0 saturated carbocycles. The zero-order valence-corrected chi connectivity index (χ0v) is 16.8. The lowest BCUT2D eigenvalue weighted by Crippen LogP contribution is -2.58. The summed E-state index contributed by atoms with van der Waals surface area (Å²) < 4.78 is 4.92. The van der Waals surface area contributed by atoms with Gasteiger partial charge in [0.15, 0.2) is 0 Å². The van der Waals surface area contributed by atoms with Gasteiger partial charge >= 0.3 is 12.0 Å². The van der Waals surface area contributed by atoms with Gasteiger partial charge < -0.3 is 14.5 Å². The number of methoxy groups -OCH3 is 1. The van der Waals surface area contributed by atoms with Crippen molar-refractivity contribution in [2.45, 2.75) is 39.2 Å². The summed E-state index contributed by atoms with van der Waals surface area (Å²) in [6.07, 6.45) is 3.74. The lowest BCUT2D eigenvalue weighted by Gasteiger charge is -2.42. The highest BCUT2D eigenvalue weighted by molar-refractivity contribution is 6.07. The van der Waals surface area contributed by atoms with Crippen molar-refractivity contribution in [3.8, 4) is 6.01 Å². The van der Waals surface area contributed by atoms with Crippen LogP contribution in [0.25, 0.3) is 0 Å². The van der Waals surface area contributed by atoms with Crippen LogP contribution in [0.1, 0.15) is 44.0 Å². The molecule has 9 nitrogen and oxygen atoms in total. The van der Waals surface area contributed by atoms with Gasteiger partial charge in [-0.2, -0.15) is 0 Å².